The fourth-order valence-corrected chi connectivity index (χ4v) is 3.60. The summed E-state index contributed by atoms with van der Waals surface area (Å²) >= 11 is 3.53. The van der Waals surface area contributed by atoms with Crippen molar-refractivity contribution < 1.29 is 4.79 Å². The molecule has 1 aliphatic carbocycles. The number of halogens is 1. The number of nitrogens with zero attached hydrogens (tertiary/aromatic N) is 1. The number of fused-ring (bicyclic) bond motifs is 1. The standard InChI is InChI=1S/C15H19BrN2O/c1-18-9-12(4-7-15(18)19)17-14-6-2-10-8-11(16)3-5-13(10)14/h3,5,8,12,14,17H,2,4,6-7,9H2,1H3. The number of hydrogen-bond donors (Lipinski definition) is 1. The topological polar surface area (TPSA) is 32.3 Å². The van der Waals surface area contributed by atoms with Crippen LogP contribution in [0.4, 0.5) is 0 Å². The number of nitrogens with one attached hydrogen (secondary N) is 1. The molecule has 0 bridgehead atoms. The molecule has 1 fully saturated rings. The van der Waals surface area contributed by atoms with E-state index in [2.05, 4.69) is 39.4 Å². The summed E-state index contributed by atoms with van der Waals surface area (Å²) < 4.78 is 1.16. The highest BCUT2D eigenvalue weighted by Crippen LogP contribution is 2.33. The molecular formula is C15H19BrN2O. The van der Waals surface area contributed by atoms with E-state index < -0.39 is 0 Å². The second-order valence-corrected chi connectivity index (χ2v) is 6.53. The van der Waals surface area contributed by atoms with Gasteiger partial charge in [0, 0.05) is 36.6 Å². The number of hydrogen-bond acceptors (Lipinski definition) is 2. The minimum Gasteiger partial charge on any atom is -0.344 e. The van der Waals surface area contributed by atoms with Gasteiger partial charge in [0.15, 0.2) is 0 Å². The van der Waals surface area contributed by atoms with Crippen molar-refractivity contribution in [3.8, 4) is 0 Å². The van der Waals surface area contributed by atoms with Gasteiger partial charge >= 0.3 is 0 Å². The minimum atomic E-state index is 0.272. The van der Waals surface area contributed by atoms with E-state index in [4.69, 9.17) is 0 Å². The van der Waals surface area contributed by atoms with Gasteiger partial charge in [0.05, 0.1) is 0 Å². The van der Waals surface area contributed by atoms with Crippen molar-refractivity contribution in [1.82, 2.24) is 10.2 Å². The molecule has 4 heteroatoms. The Hall–Kier alpha value is -0.870. The Kier molecular flexibility index (Phi) is 3.63. The maximum absolute atomic E-state index is 11.5. The van der Waals surface area contributed by atoms with E-state index >= 15 is 0 Å². The first kappa shape index (κ1) is 13.1. The number of amides is 1. The van der Waals surface area contributed by atoms with Gasteiger partial charge < -0.3 is 10.2 Å². The van der Waals surface area contributed by atoms with Crippen LogP contribution in [0.25, 0.3) is 0 Å². The van der Waals surface area contributed by atoms with E-state index in [1.54, 1.807) is 0 Å². The van der Waals surface area contributed by atoms with Crippen LogP contribution in [-0.2, 0) is 11.2 Å². The average Bonchev–Trinajstić information content (AvgIpc) is 2.76. The molecule has 1 aliphatic heterocycles. The normalized spacial score (nSPS) is 26.6. The number of carbonyl (C=O) groups is 1. The molecule has 2 aliphatic rings. The first-order chi connectivity index (χ1) is 9.13. The third kappa shape index (κ3) is 2.70. The van der Waals surface area contributed by atoms with E-state index in [9.17, 15) is 4.79 Å². The number of piperidine rings is 1. The Balaban J connectivity index is 1.68. The first-order valence-electron chi connectivity index (χ1n) is 6.92. The van der Waals surface area contributed by atoms with Gasteiger partial charge in [-0.1, -0.05) is 22.0 Å². The predicted molar refractivity (Wildman–Crippen MR) is 79.0 cm³/mol. The van der Waals surface area contributed by atoms with Gasteiger partial charge in [-0.2, -0.15) is 0 Å². The SMILES string of the molecule is CN1CC(NC2CCc3cc(Br)ccc32)CCC1=O. The molecule has 3 rings (SSSR count). The Morgan fingerprint density at radius 2 is 2.16 bits per heavy atom. The van der Waals surface area contributed by atoms with Crippen LogP contribution in [0.3, 0.4) is 0 Å². The van der Waals surface area contributed by atoms with Crippen LogP contribution in [0.2, 0.25) is 0 Å². The van der Waals surface area contributed by atoms with Gasteiger partial charge in [-0.25, -0.2) is 0 Å². The number of rotatable bonds is 2. The highest BCUT2D eigenvalue weighted by molar-refractivity contribution is 9.10. The van der Waals surface area contributed by atoms with Gasteiger partial charge in [0.2, 0.25) is 5.91 Å². The minimum absolute atomic E-state index is 0.272. The summed E-state index contributed by atoms with van der Waals surface area (Å²) in [6.07, 6.45) is 3.95. The summed E-state index contributed by atoms with van der Waals surface area (Å²) in [6, 6.07) is 7.46. The van der Waals surface area contributed by atoms with Crippen molar-refractivity contribution >= 4 is 21.8 Å². The quantitative estimate of drug-likeness (QED) is 0.907. The van der Waals surface area contributed by atoms with Crippen molar-refractivity contribution in [2.24, 2.45) is 0 Å². The smallest absolute Gasteiger partial charge is 0.222 e. The molecule has 1 aromatic rings. The monoisotopic (exact) mass is 322 g/mol. The average molecular weight is 323 g/mol. The summed E-state index contributed by atoms with van der Waals surface area (Å²) in [4.78, 5) is 13.4. The Morgan fingerprint density at radius 1 is 1.32 bits per heavy atom. The number of likely N-dealkylation sites (N-methyl/N-ethyl adjacent to an activating group) is 1. The molecule has 3 nitrogen and oxygen atoms in total. The first-order valence-corrected chi connectivity index (χ1v) is 7.71. The van der Waals surface area contributed by atoms with E-state index in [1.165, 1.54) is 17.5 Å². The summed E-state index contributed by atoms with van der Waals surface area (Å²) in [5, 5.41) is 3.74. The second kappa shape index (κ2) is 5.25. The molecule has 0 saturated carbocycles. The lowest BCUT2D eigenvalue weighted by molar-refractivity contribution is -0.132. The fourth-order valence-electron chi connectivity index (χ4n) is 3.19. The van der Waals surface area contributed by atoms with Gasteiger partial charge in [-0.05, 0) is 42.5 Å². The third-order valence-corrected chi connectivity index (χ3v) is 4.74. The Morgan fingerprint density at radius 3 is 2.95 bits per heavy atom. The van der Waals surface area contributed by atoms with E-state index in [-0.39, 0.29) is 5.91 Å². The maximum atomic E-state index is 11.5. The van der Waals surface area contributed by atoms with Gasteiger partial charge in [0.1, 0.15) is 0 Å². The lowest BCUT2D eigenvalue weighted by Crippen LogP contribution is -2.47. The molecule has 1 N–H and O–H groups in total. The Bertz CT molecular complexity index is 503. The zero-order valence-electron chi connectivity index (χ0n) is 11.2. The van der Waals surface area contributed by atoms with Crippen molar-refractivity contribution in [2.75, 3.05) is 13.6 Å². The lowest BCUT2D eigenvalue weighted by Gasteiger charge is -2.32. The van der Waals surface area contributed by atoms with Crippen molar-refractivity contribution in [3.63, 3.8) is 0 Å². The van der Waals surface area contributed by atoms with Crippen LogP contribution in [0.1, 0.15) is 36.4 Å². The highest BCUT2D eigenvalue weighted by Gasteiger charge is 2.28. The van der Waals surface area contributed by atoms with Gasteiger partial charge in [-0.15, -0.1) is 0 Å². The molecule has 1 heterocycles. The van der Waals surface area contributed by atoms with Crippen LogP contribution in [-0.4, -0.2) is 30.4 Å². The zero-order valence-corrected chi connectivity index (χ0v) is 12.7. The molecule has 2 atom stereocenters. The van der Waals surface area contributed by atoms with Crippen LogP contribution in [0.15, 0.2) is 22.7 Å². The molecule has 1 saturated heterocycles. The molecule has 102 valence electrons. The number of carbonyl (C=O) groups excluding carboxylic acids is 1. The number of aryl methyl sites for hydroxylation is 1. The van der Waals surface area contributed by atoms with Crippen LogP contribution in [0, 0.1) is 0 Å². The van der Waals surface area contributed by atoms with Crippen molar-refractivity contribution in [1.29, 1.82) is 0 Å². The molecule has 0 aromatic heterocycles. The molecular weight excluding hydrogens is 304 g/mol. The summed E-state index contributed by atoms with van der Waals surface area (Å²) in [6.45, 7) is 0.835. The summed E-state index contributed by atoms with van der Waals surface area (Å²) in [7, 11) is 1.90. The van der Waals surface area contributed by atoms with Crippen molar-refractivity contribution in [3.05, 3.63) is 33.8 Å². The lowest BCUT2D eigenvalue weighted by atomic mass is 10.0. The molecule has 0 spiro atoms. The summed E-state index contributed by atoms with van der Waals surface area (Å²) in [5.41, 5.74) is 2.88. The molecule has 2 unspecified atom stereocenters. The predicted octanol–water partition coefficient (Wildman–Crippen LogP) is 2.65. The maximum Gasteiger partial charge on any atom is 0.222 e. The largest absolute Gasteiger partial charge is 0.344 e. The molecule has 0 radical (unpaired) electrons. The number of likely N-dealkylation sites (tertiary alicyclic amines) is 1. The van der Waals surface area contributed by atoms with Crippen molar-refractivity contribution in [2.45, 2.75) is 37.8 Å². The summed E-state index contributed by atoms with van der Waals surface area (Å²) in [5.74, 6) is 0.272. The van der Waals surface area contributed by atoms with Crippen LogP contribution in [0.5, 0.6) is 0 Å². The van der Waals surface area contributed by atoms with E-state index in [1.807, 2.05) is 11.9 Å². The highest BCUT2D eigenvalue weighted by atomic mass is 79.9. The molecule has 1 amide bonds. The third-order valence-electron chi connectivity index (χ3n) is 4.25. The number of benzene rings is 1. The molecule has 19 heavy (non-hydrogen) atoms. The Labute approximate surface area is 122 Å². The van der Waals surface area contributed by atoms with Crippen LogP contribution < -0.4 is 5.32 Å². The second-order valence-electron chi connectivity index (χ2n) is 5.61. The van der Waals surface area contributed by atoms with E-state index in [0.717, 1.165) is 23.9 Å². The fraction of sp³-hybridized carbons (Fsp3) is 0.533. The van der Waals surface area contributed by atoms with Gasteiger partial charge in [0.25, 0.3) is 0 Å². The zero-order chi connectivity index (χ0) is 13.4. The van der Waals surface area contributed by atoms with Gasteiger partial charge in [-0.3, -0.25) is 4.79 Å². The van der Waals surface area contributed by atoms with Crippen LogP contribution >= 0.6 is 15.9 Å². The van der Waals surface area contributed by atoms with E-state index in [0.29, 0.717) is 18.5 Å². The molecule has 1 aromatic carbocycles.